The molecule has 1 aromatic carbocycles. The van der Waals surface area contributed by atoms with Crippen LogP contribution < -0.4 is 16.6 Å². The lowest BCUT2D eigenvalue weighted by molar-refractivity contribution is -0.116. The van der Waals surface area contributed by atoms with Gasteiger partial charge in [-0.15, -0.1) is 11.3 Å². The van der Waals surface area contributed by atoms with Gasteiger partial charge in [-0.2, -0.15) is 0 Å². The molecular formula is C17H17N3O3S. The molecule has 0 saturated heterocycles. The number of hydrogen-bond donors (Lipinski definition) is 2. The van der Waals surface area contributed by atoms with E-state index in [2.05, 4.69) is 10.3 Å². The lowest BCUT2D eigenvalue weighted by Crippen LogP contribution is -2.38. The summed E-state index contributed by atoms with van der Waals surface area (Å²) in [5.41, 5.74) is 1.66. The Labute approximate surface area is 141 Å². The van der Waals surface area contributed by atoms with Crippen molar-refractivity contribution in [3.8, 4) is 0 Å². The van der Waals surface area contributed by atoms with Crippen molar-refractivity contribution in [2.24, 2.45) is 0 Å². The summed E-state index contributed by atoms with van der Waals surface area (Å²) in [6.07, 6.45) is 0. The van der Waals surface area contributed by atoms with E-state index in [4.69, 9.17) is 0 Å². The number of fused-ring (bicyclic) bond motifs is 1. The lowest BCUT2D eigenvalue weighted by atomic mass is 10.1. The number of nitrogens with zero attached hydrogens (tertiary/aromatic N) is 1. The van der Waals surface area contributed by atoms with Crippen LogP contribution in [0.3, 0.4) is 0 Å². The third kappa shape index (κ3) is 3.03. The predicted molar refractivity (Wildman–Crippen MR) is 96.0 cm³/mol. The number of hydrogen-bond acceptors (Lipinski definition) is 4. The second kappa shape index (κ2) is 6.09. The highest BCUT2D eigenvalue weighted by molar-refractivity contribution is 7.18. The van der Waals surface area contributed by atoms with E-state index in [0.29, 0.717) is 15.9 Å². The summed E-state index contributed by atoms with van der Waals surface area (Å²) in [6.45, 7) is 5.39. The molecule has 0 aliphatic heterocycles. The maximum absolute atomic E-state index is 12.4. The fourth-order valence-corrected chi connectivity index (χ4v) is 3.49. The molecule has 0 bridgehead atoms. The van der Waals surface area contributed by atoms with Gasteiger partial charge in [0.25, 0.3) is 5.56 Å². The number of aryl methyl sites for hydroxylation is 3. The van der Waals surface area contributed by atoms with Crippen LogP contribution in [0.5, 0.6) is 0 Å². The van der Waals surface area contributed by atoms with Crippen molar-refractivity contribution in [2.45, 2.75) is 27.3 Å². The van der Waals surface area contributed by atoms with Crippen LogP contribution in [0.25, 0.3) is 10.2 Å². The summed E-state index contributed by atoms with van der Waals surface area (Å²) in [4.78, 5) is 40.9. The van der Waals surface area contributed by atoms with Crippen LogP contribution in [0.4, 0.5) is 5.69 Å². The highest BCUT2D eigenvalue weighted by Crippen LogP contribution is 2.18. The predicted octanol–water partition coefficient (Wildman–Crippen LogP) is 2.32. The van der Waals surface area contributed by atoms with Crippen molar-refractivity contribution in [1.29, 1.82) is 0 Å². The van der Waals surface area contributed by atoms with E-state index in [-0.39, 0.29) is 6.54 Å². The van der Waals surface area contributed by atoms with Crippen LogP contribution in [-0.2, 0) is 11.3 Å². The smallest absolute Gasteiger partial charge is 0.324 e. The van der Waals surface area contributed by atoms with Crippen molar-refractivity contribution in [2.75, 3.05) is 5.32 Å². The van der Waals surface area contributed by atoms with Gasteiger partial charge in [-0.25, -0.2) is 4.79 Å². The molecular weight excluding hydrogens is 326 g/mol. The number of thiophene rings is 1. The van der Waals surface area contributed by atoms with Gasteiger partial charge in [0.15, 0.2) is 0 Å². The van der Waals surface area contributed by atoms with Crippen molar-refractivity contribution in [1.82, 2.24) is 9.55 Å². The average Bonchev–Trinajstić information content (AvgIpc) is 2.87. The Morgan fingerprint density at radius 1 is 1.21 bits per heavy atom. The van der Waals surface area contributed by atoms with Crippen LogP contribution in [0, 0.1) is 20.8 Å². The minimum absolute atomic E-state index is 0.327. The Kier molecular flexibility index (Phi) is 4.11. The molecule has 0 spiro atoms. The number of amides is 1. The Hall–Kier alpha value is -2.67. The van der Waals surface area contributed by atoms with E-state index in [1.54, 1.807) is 12.1 Å². The molecule has 24 heavy (non-hydrogen) atoms. The van der Waals surface area contributed by atoms with E-state index >= 15 is 0 Å². The minimum Gasteiger partial charge on any atom is -0.324 e. The van der Waals surface area contributed by atoms with Gasteiger partial charge in [0.05, 0.1) is 5.39 Å². The third-order valence-electron chi connectivity index (χ3n) is 3.75. The van der Waals surface area contributed by atoms with Crippen molar-refractivity contribution >= 4 is 33.1 Å². The summed E-state index contributed by atoms with van der Waals surface area (Å²) in [5.74, 6) is -0.416. The fourth-order valence-electron chi connectivity index (χ4n) is 2.60. The molecule has 0 radical (unpaired) electrons. The summed E-state index contributed by atoms with van der Waals surface area (Å²) >= 11 is 1.34. The Balaban J connectivity index is 1.90. The van der Waals surface area contributed by atoms with E-state index < -0.39 is 17.2 Å². The maximum atomic E-state index is 12.4. The van der Waals surface area contributed by atoms with Crippen LogP contribution >= 0.6 is 11.3 Å². The fraction of sp³-hybridized carbons (Fsp3) is 0.235. The average molecular weight is 343 g/mol. The molecule has 3 rings (SSSR count). The van der Waals surface area contributed by atoms with Gasteiger partial charge in [0.1, 0.15) is 11.4 Å². The zero-order valence-corrected chi connectivity index (χ0v) is 14.4. The lowest BCUT2D eigenvalue weighted by Gasteiger charge is -2.10. The standard InChI is InChI=1S/C17H17N3O3S/c1-9-4-5-13(10(2)6-9)18-14(21)8-20-16(22)12-7-11(3)24-15(12)19-17(20)23/h4-7H,8H2,1-3H3,(H,18,21)(H,19,23). The molecule has 0 atom stereocenters. The third-order valence-corrected chi connectivity index (χ3v) is 4.72. The van der Waals surface area contributed by atoms with E-state index in [1.165, 1.54) is 11.3 Å². The second-order valence-corrected chi connectivity index (χ2v) is 7.04. The highest BCUT2D eigenvalue weighted by atomic mass is 32.1. The monoisotopic (exact) mass is 343 g/mol. The number of benzene rings is 1. The number of rotatable bonds is 3. The quantitative estimate of drug-likeness (QED) is 0.765. The summed E-state index contributed by atoms with van der Waals surface area (Å²) < 4.78 is 0.924. The Morgan fingerprint density at radius 3 is 2.67 bits per heavy atom. The molecule has 6 nitrogen and oxygen atoms in total. The molecule has 2 aromatic heterocycles. The summed E-state index contributed by atoms with van der Waals surface area (Å²) in [7, 11) is 0. The molecule has 0 fully saturated rings. The van der Waals surface area contributed by atoms with Crippen LogP contribution in [0.15, 0.2) is 33.9 Å². The molecule has 0 unspecified atom stereocenters. The number of H-pyrrole nitrogens is 1. The normalized spacial score (nSPS) is 11.0. The van der Waals surface area contributed by atoms with Gasteiger partial charge >= 0.3 is 5.69 Å². The molecule has 124 valence electrons. The second-order valence-electron chi connectivity index (χ2n) is 5.79. The highest BCUT2D eigenvalue weighted by Gasteiger charge is 2.13. The first-order chi connectivity index (χ1) is 11.3. The first kappa shape index (κ1) is 16.2. The molecule has 0 saturated carbocycles. The number of anilines is 1. The van der Waals surface area contributed by atoms with E-state index in [9.17, 15) is 14.4 Å². The summed E-state index contributed by atoms with van der Waals surface area (Å²) in [5, 5.41) is 3.17. The van der Waals surface area contributed by atoms with Crippen molar-refractivity contribution < 1.29 is 4.79 Å². The first-order valence-electron chi connectivity index (χ1n) is 7.45. The topological polar surface area (TPSA) is 84.0 Å². The molecule has 2 N–H and O–H groups in total. The van der Waals surface area contributed by atoms with E-state index in [1.807, 2.05) is 32.9 Å². The van der Waals surface area contributed by atoms with Gasteiger partial charge < -0.3 is 5.32 Å². The number of nitrogens with one attached hydrogen (secondary N) is 2. The van der Waals surface area contributed by atoms with Gasteiger partial charge in [-0.1, -0.05) is 17.7 Å². The molecule has 7 heteroatoms. The SMILES string of the molecule is Cc1ccc(NC(=O)Cn2c(=O)[nH]c3sc(C)cc3c2=O)c(C)c1. The number of aromatic nitrogens is 2. The molecule has 1 amide bonds. The molecule has 3 aromatic rings. The van der Waals surface area contributed by atoms with E-state index in [0.717, 1.165) is 20.6 Å². The van der Waals surface area contributed by atoms with Crippen LogP contribution in [0.2, 0.25) is 0 Å². The van der Waals surface area contributed by atoms with Gasteiger partial charge in [0.2, 0.25) is 5.91 Å². The van der Waals surface area contributed by atoms with Gasteiger partial charge in [-0.05, 0) is 38.5 Å². The largest absolute Gasteiger partial charge is 0.329 e. The zero-order chi connectivity index (χ0) is 17.4. The number of carbonyl (C=O) groups is 1. The van der Waals surface area contributed by atoms with Crippen LogP contribution in [0.1, 0.15) is 16.0 Å². The molecule has 0 aliphatic carbocycles. The maximum Gasteiger partial charge on any atom is 0.329 e. The Morgan fingerprint density at radius 2 is 1.96 bits per heavy atom. The minimum atomic E-state index is -0.579. The van der Waals surface area contributed by atoms with Crippen molar-refractivity contribution in [3.63, 3.8) is 0 Å². The van der Waals surface area contributed by atoms with Crippen LogP contribution in [-0.4, -0.2) is 15.5 Å². The molecule has 2 heterocycles. The van der Waals surface area contributed by atoms with Gasteiger partial charge in [0, 0.05) is 10.6 Å². The Bertz CT molecular complexity index is 1060. The molecule has 0 aliphatic rings. The van der Waals surface area contributed by atoms with Gasteiger partial charge in [-0.3, -0.25) is 19.1 Å². The summed E-state index contributed by atoms with van der Waals surface area (Å²) in [6, 6.07) is 7.37. The number of carbonyl (C=O) groups excluding carboxylic acids is 1. The first-order valence-corrected chi connectivity index (χ1v) is 8.27. The van der Waals surface area contributed by atoms with Crippen molar-refractivity contribution in [3.05, 3.63) is 61.1 Å². The number of aromatic amines is 1. The zero-order valence-electron chi connectivity index (χ0n) is 13.6.